The van der Waals surface area contributed by atoms with Crippen molar-refractivity contribution >= 4 is 17.6 Å². The van der Waals surface area contributed by atoms with Crippen LogP contribution in [0.4, 0.5) is 5.69 Å². The number of ether oxygens (including phenoxy) is 1. The number of amides is 1. The van der Waals surface area contributed by atoms with Gasteiger partial charge in [0.1, 0.15) is 0 Å². The molecular weight excluding hydrogens is 256 g/mol. The summed E-state index contributed by atoms with van der Waals surface area (Å²) in [5, 5.41) is 2.71. The van der Waals surface area contributed by atoms with Crippen LogP contribution in [0.3, 0.4) is 0 Å². The van der Waals surface area contributed by atoms with E-state index in [4.69, 9.17) is 10.5 Å². The molecule has 0 fully saturated rings. The van der Waals surface area contributed by atoms with Crippen LogP contribution in [0.15, 0.2) is 24.3 Å². The first-order chi connectivity index (χ1) is 9.51. The number of rotatable bonds is 7. The largest absolute Gasteiger partial charge is 0.466 e. The van der Waals surface area contributed by atoms with Gasteiger partial charge in [-0.3, -0.25) is 9.59 Å². The van der Waals surface area contributed by atoms with Crippen molar-refractivity contribution in [1.82, 2.24) is 0 Å². The summed E-state index contributed by atoms with van der Waals surface area (Å²) in [5.41, 5.74) is 7.84. The van der Waals surface area contributed by atoms with Crippen molar-refractivity contribution in [1.29, 1.82) is 0 Å². The van der Waals surface area contributed by atoms with Crippen molar-refractivity contribution in [2.75, 3.05) is 11.9 Å². The Labute approximate surface area is 119 Å². The number of carbonyl (C=O) groups is 2. The van der Waals surface area contributed by atoms with Gasteiger partial charge in [-0.1, -0.05) is 12.1 Å². The van der Waals surface area contributed by atoms with Gasteiger partial charge < -0.3 is 15.8 Å². The number of anilines is 1. The van der Waals surface area contributed by atoms with Crippen molar-refractivity contribution in [3.05, 3.63) is 29.8 Å². The van der Waals surface area contributed by atoms with E-state index >= 15 is 0 Å². The third kappa shape index (κ3) is 6.33. The van der Waals surface area contributed by atoms with Gasteiger partial charge in [-0.2, -0.15) is 0 Å². The normalized spacial score (nSPS) is 11.8. The standard InChI is InChI=1S/C15H22N2O3/c1-3-20-15(19)9-6-13(16)10-12-4-7-14(8-5-12)17-11(2)18/h4-5,7-8,13H,3,6,9-10,16H2,1-2H3,(H,17,18). The molecule has 0 spiro atoms. The molecule has 0 aromatic heterocycles. The zero-order valence-corrected chi connectivity index (χ0v) is 12.0. The zero-order valence-electron chi connectivity index (χ0n) is 12.0. The summed E-state index contributed by atoms with van der Waals surface area (Å²) in [6.45, 7) is 3.66. The average molecular weight is 278 g/mol. The lowest BCUT2D eigenvalue weighted by atomic mass is 10.0. The number of benzene rings is 1. The lowest BCUT2D eigenvalue weighted by Gasteiger charge is -2.11. The highest BCUT2D eigenvalue weighted by molar-refractivity contribution is 5.88. The molecule has 20 heavy (non-hydrogen) atoms. The van der Waals surface area contributed by atoms with Gasteiger partial charge in [0.05, 0.1) is 6.61 Å². The van der Waals surface area contributed by atoms with Crippen LogP contribution in [0.2, 0.25) is 0 Å². The van der Waals surface area contributed by atoms with E-state index in [-0.39, 0.29) is 17.9 Å². The van der Waals surface area contributed by atoms with Crippen LogP contribution in [0.1, 0.15) is 32.3 Å². The minimum Gasteiger partial charge on any atom is -0.466 e. The van der Waals surface area contributed by atoms with Crippen molar-refractivity contribution < 1.29 is 14.3 Å². The molecule has 3 N–H and O–H groups in total. The highest BCUT2D eigenvalue weighted by Gasteiger charge is 2.08. The van der Waals surface area contributed by atoms with Gasteiger partial charge in [-0.25, -0.2) is 0 Å². The van der Waals surface area contributed by atoms with Crippen molar-refractivity contribution in [2.45, 2.75) is 39.2 Å². The molecule has 5 heteroatoms. The molecule has 0 saturated heterocycles. The van der Waals surface area contributed by atoms with Gasteiger partial charge in [0.25, 0.3) is 0 Å². The van der Waals surface area contributed by atoms with Gasteiger partial charge in [0.15, 0.2) is 0 Å². The monoisotopic (exact) mass is 278 g/mol. The molecule has 0 aliphatic heterocycles. The molecule has 5 nitrogen and oxygen atoms in total. The van der Waals surface area contributed by atoms with E-state index in [2.05, 4.69) is 5.32 Å². The molecule has 110 valence electrons. The molecule has 1 rings (SSSR count). The number of hydrogen-bond acceptors (Lipinski definition) is 4. The minimum atomic E-state index is -0.205. The number of nitrogens with two attached hydrogens (primary N) is 1. The summed E-state index contributed by atoms with van der Waals surface area (Å²) in [4.78, 5) is 22.1. The number of nitrogens with one attached hydrogen (secondary N) is 1. The smallest absolute Gasteiger partial charge is 0.305 e. The molecule has 1 atom stereocenters. The number of carbonyl (C=O) groups excluding carboxylic acids is 2. The lowest BCUT2D eigenvalue weighted by Crippen LogP contribution is -2.24. The molecule has 0 heterocycles. The third-order valence-electron chi connectivity index (χ3n) is 2.80. The summed E-state index contributed by atoms with van der Waals surface area (Å²) in [6, 6.07) is 7.46. The fourth-order valence-corrected chi connectivity index (χ4v) is 1.87. The van der Waals surface area contributed by atoms with E-state index in [1.54, 1.807) is 6.92 Å². The van der Waals surface area contributed by atoms with Crippen LogP contribution in [-0.2, 0) is 20.7 Å². The van der Waals surface area contributed by atoms with Crippen LogP contribution in [0.5, 0.6) is 0 Å². The summed E-state index contributed by atoms with van der Waals surface area (Å²) < 4.78 is 4.86. The quantitative estimate of drug-likeness (QED) is 0.746. The Kier molecular flexibility index (Phi) is 6.73. The van der Waals surface area contributed by atoms with E-state index in [0.717, 1.165) is 11.3 Å². The van der Waals surface area contributed by atoms with Gasteiger partial charge >= 0.3 is 5.97 Å². The van der Waals surface area contributed by atoms with E-state index in [0.29, 0.717) is 25.9 Å². The highest BCUT2D eigenvalue weighted by Crippen LogP contribution is 2.12. The fraction of sp³-hybridized carbons (Fsp3) is 0.467. The van der Waals surface area contributed by atoms with Gasteiger partial charge in [-0.15, -0.1) is 0 Å². The Morgan fingerprint density at radius 2 is 1.95 bits per heavy atom. The molecule has 0 radical (unpaired) electrons. The predicted octanol–water partition coefficient (Wildman–Crippen LogP) is 1.86. The van der Waals surface area contributed by atoms with Crippen LogP contribution in [0.25, 0.3) is 0 Å². The second-order valence-corrected chi connectivity index (χ2v) is 4.69. The highest BCUT2D eigenvalue weighted by atomic mass is 16.5. The predicted molar refractivity (Wildman–Crippen MR) is 78.3 cm³/mol. The molecule has 0 saturated carbocycles. The molecule has 1 aromatic rings. The molecule has 1 amide bonds. The van der Waals surface area contributed by atoms with Crippen LogP contribution in [-0.4, -0.2) is 24.5 Å². The van der Waals surface area contributed by atoms with Gasteiger partial charge in [-0.05, 0) is 37.5 Å². The molecule has 0 aliphatic carbocycles. The van der Waals surface area contributed by atoms with Crippen LogP contribution >= 0.6 is 0 Å². The van der Waals surface area contributed by atoms with Crippen molar-refractivity contribution in [3.63, 3.8) is 0 Å². The van der Waals surface area contributed by atoms with Crippen molar-refractivity contribution in [2.24, 2.45) is 5.73 Å². The van der Waals surface area contributed by atoms with Gasteiger partial charge in [0.2, 0.25) is 5.91 Å². The van der Waals surface area contributed by atoms with Crippen LogP contribution < -0.4 is 11.1 Å². The minimum absolute atomic E-state index is 0.0778. The first kappa shape index (κ1) is 16.2. The lowest BCUT2D eigenvalue weighted by molar-refractivity contribution is -0.143. The molecule has 0 aliphatic rings. The van der Waals surface area contributed by atoms with E-state index < -0.39 is 0 Å². The molecule has 1 unspecified atom stereocenters. The molecule has 0 bridgehead atoms. The molecular formula is C15H22N2O3. The maximum Gasteiger partial charge on any atom is 0.305 e. The molecule has 1 aromatic carbocycles. The Balaban J connectivity index is 2.39. The second kappa shape index (κ2) is 8.32. The Bertz CT molecular complexity index is 443. The Morgan fingerprint density at radius 3 is 2.50 bits per heavy atom. The van der Waals surface area contributed by atoms with E-state index in [1.165, 1.54) is 6.92 Å². The van der Waals surface area contributed by atoms with Gasteiger partial charge in [0, 0.05) is 25.1 Å². The number of hydrogen-bond donors (Lipinski definition) is 2. The summed E-state index contributed by atoms with van der Waals surface area (Å²) in [6.07, 6.45) is 1.64. The Morgan fingerprint density at radius 1 is 1.30 bits per heavy atom. The fourth-order valence-electron chi connectivity index (χ4n) is 1.87. The van der Waals surface area contributed by atoms with Crippen LogP contribution in [0, 0.1) is 0 Å². The first-order valence-corrected chi connectivity index (χ1v) is 6.79. The van der Waals surface area contributed by atoms with E-state index in [1.807, 2.05) is 24.3 Å². The summed E-state index contributed by atoms with van der Waals surface area (Å²) in [5.74, 6) is -0.298. The Hall–Kier alpha value is -1.88. The first-order valence-electron chi connectivity index (χ1n) is 6.79. The SMILES string of the molecule is CCOC(=O)CCC(N)Cc1ccc(NC(C)=O)cc1. The summed E-state index contributed by atoms with van der Waals surface area (Å²) >= 11 is 0. The topological polar surface area (TPSA) is 81.4 Å². The van der Waals surface area contributed by atoms with Crippen molar-refractivity contribution in [3.8, 4) is 0 Å². The second-order valence-electron chi connectivity index (χ2n) is 4.69. The maximum atomic E-state index is 11.2. The zero-order chi connectivity index (χ0) is 15.0. The van der Waals surface area contributed by atoms with E-state index in [9.17, 15) is 9.59 Å². The maximum absolute atomic E-state index is 11.2. The number of esters is 1. The third-order valence-corrected chi connectivity index (χ3v) is 2.80. The average Bonchev–Trinajstić information content (AvgIpc) is 2.38. The summed E-state index contributed by atoms with van der Waals surface area (Å²) in [7, 11) is 0.